The lowest BCUT2D eigenvalue weighted by Gasteiger charge is -2.08. The van der Waals surface area contributed by atoms with Crippen LogP contribution in [0.5, 0.6) is 0 Å². The number of carboxylic acid groups (broad SMARTS) is 1. The lowest BCUT2D eigenvalue weighted by molar-refractivity contribution is -0.140. The molecule has 0 amide bonds. The van der Waals surface area contributed by atoms with Gasteiger partial charge in [0, 0.05) is 5.69 Å². The largest absolute Gasteiger partial charge is 0.480 e. The van der Waals surface area contributed by atoms with Crippen LogP contribution in [0.25, 0.3) is 0 Å². The van der Waals surface area contributed by atoms with Gasteiger partial charge in [0.2, 0.25) is 0 Å². The predicted molar refractivity (Wildman–Crippen MR) is 44.0 cm³/mol. The topological polar surface area (TPSA) is 55.1 Å². The molecule has 0 aliphatic carbocycles. The fourth-order valence-electron chi connectivity index (χ4n) is 1.14. The summed E-state index contributed by atoms with van der Waals surface area (Å²) in [5.41, 5.74) is 1.73. The molecule has 1 N–H and O–H groups in total. The molecular weight excluding hydrogens is 156 g/mol. The van der Waals surface area contributed by atoms with E-state index in [1.165, 1.54) is 4.68 Å². The quantitative estimate of drug-likeness (QED) is 0.720. The molecule has 0 radical (unpaired) electrons. The Hall–Kier alpha value is -1.32. The van der Waals surface area contributed by atoms with Gasteiger partial charge in [0.25, 0.3) is 0 Å². The van der Waals surface area contributed by atoms with Gasteiger partial charge in [-0.1, -0.05) is 0 Å². The van der Waals surface area contributed by atoms with E-state index in [1.807, 2.05) is 19.9 Å². The Morgan fingerprint density at radius 1 is 1.67 bits per heavy atom. The third kappa shape index (κ3) is 1.47. The van der Waals surface area contributed by atoms with Gasteiger partial charge < -0.3 is 5.11 Å². The van der Waals surface area contributed by atoms with Crippen molar-refractivity contribution in [1.29, 1.82) is 0 Å². The van der Waals surface area contributed by atoms with E-state index in [0.29, 0.717) is 0 Å². The lowest BCUT2D eigenvalue weighted by Crippen LogP contribution is -2.17. The summed E-state index contributed by atoms with van der Waals surface area (Å²) >= 11 is 0. The number of hydrogen-bond donors (Lipinski definition) is 1. The summed E-state index contributed by atoms with van der Waals surface area (Å²) < 4.78 is 1.51. The van der Waals surface area contributed by atoms with E-state index in [9.17, 15) is 4.79 Å². The fraction of sp³-hybridized carbons (Fsp3) is 0.500. The summed E-state index contributed by atoms with van der Waals surface area (Å²) in [6.45, 7) is 5.30. The molecule has 0 aromatic carbocycles. The fourth-order valence-corrected chi connectivity index (χ4v) is 1.14. The highest BCUT2D eigenvalue weighted by Crippen LogP contribution is 2.09. The zero-order chi connectivity index (χ0) is 9.30. The predicted octanol–water partition coefficient (Wildman–Crippen LogP) is 1.15. The van der Waals surface area contributed by atoms with Crippen molar-refractivity contribution >= 4 is 5.97 Å². The minimum atomic E-state index is -0.860. The number of carbonyl (C=O) groups is 1. The van der Waals surface area contributed by atoms with Crippen molar-refractivity contribution in [2.24, 2.45) is 0 Å². The van der Waals surface area contributed by atoms with Crippen LogP contribution in [0.2, 0.25) is 0 Å². The van der Waals surface area contributed by atoms with Gasteiger partial charge in [-0.05, 0) is 26.8 Å². The summed E-state index contributed by atoms with van der Waals surface area (Å²) in [5, 5.41) is 12.8. The molecule has 0 aliphatic heterocycles. The molecule has 0 spiro atoms. The van der Waals surface area contributed by atoms with E-state index in [-0.39, 0.29) is 0 Å². The van der Waals surface area contributed by atoms with Gasteiger partial charge in [-0.2, -0.15) is 5.10 Å². The second kappa shape index (κ2) is 2.97. The van der Waals surface area contributed by atoms with Crippen LogP contribution in [0.1, 0.15) is 24.4 Å². The lowest BCUT2D eigenvalue weighted by atomic mass is 10.3. The number of nitrogens with zero attached hydrogens (tertiary/aromatic N) is 2. The maximum absolute atomic E-state index is 10.6. The van der Waals surface area contributed by atoms with Gasteiger partial charge in [0.1, 0.15) is 6.04 Å². The maximum atomic E-state index is 10.6. The second-order valence-corrected chi connectivity index (χ2v) is 2.89. The SMILES string of the molecule is Cc1cc(C)n(C(C)C(=O)O)n1. The average Bonchev–Trinajstić information content (AvgIpc) is 2.28. The second-order valence-electron chi connectivity index (χ2n) is 2.89. The Morgan fingerprint density at radius 3 is 2.58 bits per heavy atom. The van der Waals surface area contributed by atoms with Crippen LogP contribution in [0, 0.1) is 13.8 Å². The molecule has 0 fully saturated rings. The molecule has 66 valence electrons. The van der Waals surface area contributed by atoms with Crippen molar-refractivity contribution in [3.8, 4) is 0 Å². The van der Waals surface area contributed by atoms with Crippen LogP contribution in [0.15, 0.2) is 6.07 Å². The third-order valence-corrected chi connectivity index (χ3v) is 1.77. The van der Waals surface area contributed by atoms with Crippen LogP contribution in [0.3, 0.4) is 0 Å². The number of carboxylic acids is 1. The first kappa shape index (κ1) is 8.77. The first-order chi connectivity index (χ1) is 5.52. The van der Waals surface area contributed by atoms with E-state index in [4.69, 9.17) is 5.11 Å². The van der Waals surface area contributed by atoms with E-state index >= 15 is 0 Å². The molecular formula is C8H12N2O2. The zero-order valence-corrected chi connectivity index (χ0v) is 7.40. The van der Waals surface area contributed by atoms with Crippen molar-refractivity contribution < 1.29 is 9.90 Å². The van der Waals surface area contributed by atoms with Crippen LogP contribution in [-0.2, 0) is 4.79 Å². The molecule has 4 heteroatoms. The molecule has 12 heavy (non-hydrogen) atoms. The van der Waals surface area contributed by atoms with Crippen molar-refractivity contribution in [1.82, 2.24) is 9.78 Å². The Kier molecular flexibility index (Phi) is 2.17. The molecule has 0 bridgehead atoms. The molecule has 1 aromatic rings. The number of rotatable bonds is 2. The van der Waals surface area contributed by atoms with Crippen LogP contribution < -0.4 is 0 Å². The summed E-state index contributed by atoms with van der Waals surface area (Å²) in [4.78, 5) is 10.6. The van der Waals surface area contributed by atoms with E-state index in [2.05, 4.69) is 5.10 Å². The molecule has 1 aromatic heterocycles. The average molecular weight is 168 g/mol. The van der Waals surface area contributed by atoms with Crippen molar-refractivity contribution in [2.45, 2.75) is 26.8 Å². The monoisotopic (exact) mass is 168 g/mol. The molecule has 0 saturated heterocycles. The highest BCUT2D eigenvalue weighted by molar-refractivity contribution is 5.71. The van der Waals surface area contributed by atoms with Crippen LogP contribution in [0.4, 0.5) is 0 Å². The molecule has 0 saturated carbocycles. The van der Waals surface area contributed by atoms with Gasteiger partial charge in [-0.15, -0.1) is 0 Å². The summed E-state index contributed by atoms with van der Waals surface area (Å²) in [6.07, 6.45) is 0. The van der Waals surface area contributed by atoms with Gasteiger partial charge in [-0.25, -0.2) is 4.79 Å². The van der Waals surface area contributed by atoms with Crippen LogP contribution in [-0.4, -0.2) is 20.9 Å². The Labute approximate surface area is 70.8 Å². The zero-order valence-electron chi connectivity index (χ0n) is 7.40. The third-order valence-electron chi connectivity index (χ3n) is 1.77. The first-order valence-corrected chi connectivity index (χ1v) is 3.78. The van der Waals surface area contributed by atoms with Crippen LogP contribution >= 0.6 is 0 Å². The van der Waals surface area contributed by atoms with E-state index in [0.717, 1.165) is 11.4 Å². The number of aryl methyl sites for hydroxylation is 2. The summed E-state index contributed by atoms with van der Waals surface area (Å²) in [7, 11) is 0. The van der Waals surface area contributed by atoms with Crippen molar-refractivity contribution in [2.75, 3.05) is 0 Å². The minimum absolute atomic E-state index is 0.585. The summed E-state index contributed by atoms with van der Waals surface area (Å²) in [5.74, 6) is -0.860. The van der Waals surface area contributed by atoms with Gasteiger partial charge >= 0.3 is 5.97 Å². The molecule has 1 unspecified atom stereocenters. The Morgan fingerprint density at radius 2 is 2.25 bits per heavy atom. The number of aliphatic carboxylic acids is 1. The molecule has 1 rings (SSSR count). The van der Waals surface area contributed by atoms with Gasteiger partial charge in [-0.3, -0.25) is 4.68 Å². The summed E-state index contributed by atoms with van der Waals surface area (Å²) in [6, 6.07) is 1.28. The molecule has 1 atom stereocenters. The molecule has 4 nitrogen and oxygen atoms in total. The first-order valence-electron chi connectivity index (χ1n) is 3.78. The Bertz CT molecular complexity index is 304. The van der Waals surface area contributed by atoms with Crippen molar-refractivity contribution in [3.63, 3.8) is 0 Å². The Balaban J connectivity index is 3.02. The highest BCUT2D eigenvalue weighted by Gasteiger charge is 2.15. The normalized spacial score (nSPS) is 12.9. The number of hydrogen-bond acceptors (Lipinski definition) is 2. The molecule has 1 heterocycles. The van der Waals surface area contributed by atoms with E-state index in [1.54, 1.807) is 6.92 Å². The van der Waals surface area contributed by atoms with Crippen molar-refractivity contribution in [3.05, 3.63) is 17.5 Å². The smallest absolute Gasteiger partial charge is 0.328 e. The van der Waals surface area contributed by atoms with E-state index < -0.39 is 12.0 Å². The maximum Gasteiger partial charge on any atom is 0.328 e. The minimum Gasteiger partial charge on any atom is -0.480 e. The number of aromatic nitrogens is 2. The standard InChI is InChI=1S/C8H12N2O2/c1-5-4-6(2)10(9-5)7(3)8(11)12/h4,7H,1-3H3,(H,11,12). The van der Waals surface area contributed by atoms with Gasteiger partial charge in [0.05, 0.1) is 5.69 Å². The highest BCUT2D eigenvalue weighted by atomic mass is 16.4. The van der Waals surface area contributed by atoms with Gasteiger partial charge in [0.15, 0.2) is 0 Å². The molecule has 0 aliphatic rings.